The lowest BCUT2D eigenvalue weighted by Crippen LogP contribution is -2.39. The summed E-state index contributed by atoms with van der Waals surface area (Å²) in [5.74, 6) is 1.86. The lowest BCUT2D eigenvalue weighted by atomic mass is 10.1. The Morgan fingerprint density at radius 1 is 1.39 bits per heavy atom. The second-order valence-electron chi connectivity index (χ2n) is 5.94. The smallest absolute Gasteiger partial charge is 0.191 e. The van der Waals surface area contributed by atoms with E-state index in [0.29, 0.717) is 0 Å². The van der Waals surface area contributed by atoms with Gasteiger partial charge in [-0.25, -0.2) is 0 Å². The number of piperidine rings is 1. The van der Waals surface area contributed by atoms with Crippen LogP contribution in [-0.2, 0) is 6.42 Å². The van der Waals surface area contributed by atoms with Crippen molar-refractivity contribution in [2.24, 2.45) is 4.99 Å². The van der Waals surface area contributed by atoms with Crippen LogP contribution in [-0.4, -0.2) is 61.3 Å². The zero-order chi connectivity index (χ0) is 16.3. The van der Waals surface area contributed by atoms with Gasteiger partial charge in [-0.3, -0.25) is 4.99 Å². The van der Waals surface area contributed by atoms with E-state index in [1.807, 2.05) is 12.1 Å². The predicted octanol–water partition coefficient (Wildman–Crippen LogP) is 1.22. The fourth-order valence-corrected chi connectivity index (χ4v) is 2.73. The second-order valence-corrected chi connectivity index (χ2v) is 5.94. The molecule has 0 aliphatic carbocycles. The Labute approximate surface area is 139 Å². The van der Waals surface area contributed by atoms with Gasteiger partial charge in [-0.15, -0.1) is 0 Å². The molecule has 0 saturated carbocycles. The summed E-state index contributed by atoms with van der Waals surface area (Å²) in [5, 5.41) is 16.1. The van der Waals surface area contributed by atoms with E-state index in [-0.39, 0.29) is 6.10 Å². The Hall–Kier alpha value is -1.53. The summed E-state index contributed by atoms with van der Waals surface area (Å²) in [6.07, 6.45) is 5.32. The van der Waals surface area contributed by atoms with Gasteiger partial charge in [0.1, 0.15) is 5.76 Å². The highest BCUT2D eigenvalue weighted by Gasteiger charge is 2.15. The van der Waals surface area contributed by atoms with Crippen molar-refractivity contribution >= 4 is 5.96 Å². The quantitative estimate of drug-likeness (QED) is 0.381. The van der Waals surface area contributed by atoms with Crippen LogP contribution < -0.4 is 10.6 Å². The third-order valence-corrected chi connectivity index (χ3v) is 4.05. The van der Waals surface area contributed by atoms with E-state index in [1.54, 1.807) is 6.26 Å². The van der Waals surface area contributed by atoms with Crippen molar-refractivity contribution in [1.29, 1.82) is 0 Å². The average Bonchev–Trinajstić information content (AvgIpc) is 3.06. The molecule has 23 heavy (non-hydrogen) atoms. The summed E-state index contributed by atoms with van der Waals surface area (Å²) in [4.78, 5) is 7.04. The molecule has 0 unspecified atom stereocenters. The number of aliphatic imine (C=N–C) groups is 1. The molecule has 0 amide bonds. The number of nitrogens with zero attached hydrogens (tertiary/aromatic N) is 2. The summed E-state index contributed by atoms with van der Waals surface area (Å²) >= 11 is 0. The van der Waals surface area contributed by atoms with Crippen molar-refractivity contribution in [3.05, 3.63) is 24.2 Å². The first-order valence-electron chi connectivity index (χ1n) is 8.73. The van der Waals surface area contributed by atoms with E-state index in [0.717, 1.165) is 76.7 Å². The van der Waals surface area contributed by atoms with Gasteiger partial charge in [0, 0.05) is 39.1 Å². The summed E-state index contributed by atoms with van der Waals surface area (Å²) in [5.41, 5.74) is 0. The van der Waals surface area contributed by atoms with Crippen molar-refractivity contribution in [3.8, 4) is 0 Å². The molecule has 0 radical (unpaired) electrons. The van der Waals surface area contributed by atoms with Crippen LogP contribution in [0.3, 0.4) is 0 Å². The molecule has 6 nitrogen and oxygen atoms in total. The first-order valence-corrected chi connectivity index (χ1v) is 8.73. The van der Waals surface area contributed by atoms with Crippen molar-refractivity contribution in [2.75, 3.05) is 39.3 Å². The van der Waals surface area contributed by atoms with Gasteiger partial charge in [0.05, 0.1) is 12.4 Å². The van der Waals surface area contributed by atoms with E-state index in [2.05, 4.69) is 27.4 Å². The van der Waals surface area contributed by atoms with Crippen LogP contribution >= 0.6 is 0 Å². The average molecular weight is 322 g/mol. The van der Waals surface area contributed by atoms with E-state index >= 15 is 0 Å². The molecular formula is C17H30N4O2. The first kappa shape index (κ1) is 17.8. The molecule has 3 N–H and O–H groups in total. The predicted molar refractivity (Wildman–Crippen MR) is 92.7 cm³/mol. The molecule has 0 spiro atoms. The van der Waals surface area contributed by atoms with Gasteiger partial charge in [0.15, 0.2) is 5.96 Å². The molecule has 2 heterocycles. The fourth-order valence-electron chi connectivity index (χ4n) is 2.73. The molecule has 0 aromatic carbocycles. The highest BCUT2D eigenvalue weighted by atomic mass is 16.3. The van der Waals surface area contributed by atoms with E-state index in [9.17, 15) is 5.11 Å². The van der Waals surface area contributed by atoms with Gasteiger partial charge in [-0.1, -0.05) is 0 Å². The number of hydrogen-bond acceptors (Lipinski definition) is 4. The number of guanidine groups is 1. The van der Waals surface area contributed by atoms with Crippen molar-refractivity contribution in [2.45, 2.75) is 38.7 Å². The number of aliphatic hydroxyl groups is 1. The fraction of sp³-hybridized carbons (Fsp3) is 0.706. The maximum absolute atomic E-state index is 9.51. The Kier molecular flexibility index (Phi) is 7.97. The number of furan rings is 1. The van der Waals surface area contributed by atoms with Gasteiger partial charge in [-0.2, -0.15) is 0 Å². The standard InChI is InChI=1S/C17H30N4O2/c1-2-18-17(20-10-6-16-5-3-14-23-16)19-9-4-11-21-12-7-15(22)8-13-21/h3,5,14-15,22H,2,4,6-13H2,1H3,(H2,18,19,20). The van der Waals surface area contributed by atoms with Gasteiger partial charge in [0.2, 0.25) is 0 Å². The Balaban J connectivity index is 1.62. The third kappa shape index (κ3) is 7.05. The summed E-state index contributed by atoms with van der Waals surface area (Å²) in [6, 6.07) is 3.90. The minimum atomic E-state index is -0.0945. The Bertz CT molecular complexity index is 439. The van der Waals surface area contributed by atoms with Gasteiger partial charge >= 0.3 is 0 Å². The van der Waals surface area contributed by atoms with Crippen molar-refractivity contribution < 1.29 is 9.52 Å². The maximum atomic E-state index is 9.51. The van der Waals surface area contributed by atoms with Crippen LogP contribution in [0, 0.1) is 0 Å². The monoisotopic (exact) mass is 322 g/mol. The highest BCUT2D eigenvalue weighted by molar-refractivity contribution is 5.79. The van der Waals surface area contributed by atoms with Crippen LogP contribution in [0.4, 0.5) is 0 Å². The molecule has 1 aliphatic heterocycles. The summed E-state index contributed by atoms with van der Waals surface area (Å²) < 4.78 is 5.32. The molecular weight excluding hydrogens is 292 g/mol. The molecule has 2 rings (SSSR count). The minimum Gasteiger partial charge on any atom is -0.469 e. The Morgan fingerprint density at radius 2 is 2.22 bits per heavy atom. The van der Waals surface area contributed by atoms with Crippen LogP contribution in [0.1, 0.15) is 31.9 Å². The zero-order valence-corrected chi connectivity index (χ0v) is 14.1. The molecule has 1 aromatic rings. The lowest BCUT2D eigenvalue weighted by molar-refractivity contribution is 0.0824. The zero-order valence-electron chi connectivity index (χ0n) is 14.1. The lowest BCUT2D eigenvalue weighted by Gasteiger charge is -2.29. The highest BCUT2D eigenvalue weighted by Crippen LogP contribution is 2.09. The van der Waals surface area contributed by atoms with Crippen LogP contribution in [0.5, 0.6) is 0 Å². The third-order valence-electron chi connectivity index (χ3n) is 4.05. The van der Waals surface area contributed by atoms with Gasteiger partial charge < -0.3 is 25.1 Å². The van der Waals surface area contributed by atoms with Crippen LogP contribution in [0.15, 0.2) is 27.8 Å². The van der Waals surface area contributed by atoms with Gasteiger partial charge in [0.25, 0.3) is 0 Å². The molecule has 0 bridgehead atoms. The molecule has 1 aliphatic rings. The first-order chi connectivity index (χ1) is 11.3. The van der Waals surface area contributed by atoms with E-state index in [1.165, 1.54) is 0 Å². The van der Waals surface area contributed by atoms with E-state index < -0.39 is 0 Å². The van der Waals surface area contributed by atoms with Crippen LogP contribution in [0.2, 0.25) is 0 Å². The normalized spacial score (nSPS) is 17.4. The van der Waals surface area contributed by atoms with E-state index in [4.69, 9.17) is 4.42 Å². The largest absolute Gasteiger partial charge is 0.469 e. The molecule has 130 valence electrons. The Morgan fingerprint density at radius 3 is 2.91 bits per heavy atom. The van der Waals surface area contributed by atoms with Crippen LogP contribution in [0.25, 0.3) is 0 Å². The molecule has 1 saturated heterocycles. The molecule has 6 heteroatoms. The number of rotatable bonds is 8. The SMILES string of the molecule is CCNC(=NCCCN1CCC(O)CC1)NCCc1ccco1. The summed E-state index contributed by atoms with van der Waals surface area (Å²) in [6.45, 7) is 7.62. The minimum absolute atomic E-state index is 0.0945. The maximum Gasteiger partial charge on any atom is 0.191 e. The van der Waals surface area contributed by atoms with Gasteiger partial charge in [-0.05, 0) is 44.9 Å². The topological polar surface area (TPSA) is 73.0 Å². The molecule has 1 aromatic heterocycles. The number of likely N-dealkylation sites (tertiary alicyclic amines) is 1. The number of nitrogens with one attached hydrogen (secondary N) is 2. The summed E-state index contributed by atoms with van der Waals surface area (Å²) in [7, 11) is 0. The van der Waals surface area contributed by atoms with Crippen molar-refractivity contribution in [1.82, 2.24) is 15.5 Å². The van der Waals surface area contributed by atoms with Crippen molar-refractivity contribution in [3.63, 3.8) is 0 Å². The molecule has 0 atom stereocenters. The number of hydrogen-bond donors (Lipinski definition) is 3. The molecule has 1 fully saturated rings. The number of aliphatic hydroxyl groups excluding tert-OH is 1. The second kappa shape index (κ2) is 10.3.